The number of carbonyl (C=O) groups excluding carboxylic acids is 1. The Labute approximate surface area is 131 Å². The van der Waals surface area contributed by atoms with Crippen molar-refractivity contribution in [2.24, 2.45) is 0 Å². The molecule has 2 aromatic rings. The summed E-state index contributed by atoms with van der Waals surface area (Å²) in [6.07, 6.45) is 3.18. The van der Waals surface area contributed by atoms with Crippen LogP contribution in [0.4, 0.5) is 0 Å². The first-order valence-corrected chi connectivity index (χ1v) is 8.05. The standard InChI is InChI=1S/C17H24N4O/c1-13-20-14-7-3-4-8-15(14)21(13)12-11-18-16(22)17(2)9-5-6-10-19-17/h3-4,7-8,19H,5-6,9-12H2,1-2H3,(H,18,22). The molecular weight excluding hydrogens is 276 g/mol. The molecule has 1 aromatic heterocycles. The Balaban J connectivity index is 1.62. The third-order valence-electron chi connectivity index (χ3n) is 4.59. The first-order valence-electron chi connectivity index (χ1n) is 8.05. The van der Waals surface area contributed by atoms with E-state index in [0.29, 0.717) is 6.54 Å². The third kappa shape index (κ3) is 2.86. The number of hydrogen-bond acceptors (Lipinski definition) is 3. The van der Waals surface area contributed by atoms with Gasteiger partial charge < -0.3 is 15.2 Å². The van der Waals surface area contributed by atoms with Crippen LogP contribution in [-0.2, 0) is 11.3 Å². The molecule has 0 saturated carbocycles. The van der Waals surface area contributed by atoms with Crippen molar-refractivity contribution in [3.8, 4) is 0 Å². The number of aromatic nitrogens is 2. The number of imidazole rings is 1. The second kappa shape index (κ2) is 6.08. The largest absolute Gasteiger partial charge is 0.353 e. The van der Waals surface area contributed by atoms with Crippen LogP contribution in [0.1, 0.15) is 32.0 Å². The van der Waals surface area contributed by atoms with Gasteiger partial charge in [-0.05, 0) is 51.8 Å². The van der Waals surface area contributed by atoms with Crippen molar-refractivity contribution in [3.63, 3.8) is 0 Å². The molecule has 1 saturated heterocycles. The van der Waals surface area contributed by atoms with Crippen LogP contribution in [0.3, 0.4) is 0 Å². The maximum absolute atomic E-state index is 12.4. The van der Waals surface area contributed by atoms with Crippen LogP contribution >= 0.6 is 0 Å². The highest BCUT2D eigenvalue weighted by Crippen LogP contribution is 2.19. The Morgan fingerprint density at radius 1 is 1.41 bits per heavy atom. The number of carbonyl (C=O) groups is 1. The first-order chi connectivity index (χ1) is 10.6. The van der Waals surface area contributed by atoms with E-state index in [4.69, 9.17) is 0 Å². The van der Waals surface area contributed by atoms with Crippen LogP contribution in [0.5, 0.6) is 0 Å². The number of aryl methyl sites for hydroxylation is 1. The zero-order valence-corrected chi connectivity index (χ0v) is 13.4. The van der Waals surface area contributed by atoms with E-state index in [1.807, 2.05) is 32.0 Å². The van der Waals surface area contributed by atoms with Gasteiger partial charge in [0.25, 0.3) is 0 Å². The van der Waals surface area contributed by atoms with Crippen LogP contribution in [0.15, 0.2) is 24.3 Å². The predicted octanol–water partition coefficient (Wildman–Crippen LogP) is 1.99. The molecule has 22 heavy (non-hydrogen) atoms. The van der Waals surface area contributed by atoms with Gasteiger partial charge in [0.1, 0.15) is 5.82 Å². The van der Waals surface area contributed by atoms with E-state index in [1.54, 1.807) is 0 Å². The Hall–Kier alpha value is -1.88. The average molecular weight is 300 g/mol. The number of amides is 1. The topological polar surface area (TPSA) is 59.0 Å². The van der Waals surface area contributed by atoms with Gasteiger partial charge in [0, 0.05) is 13.1 Å². The minimum Gasteiger partial charge on any atom is -0.353 e. The molecule has 1 aliphatic heterocycles. The van der Waals surface area contributed by atoms with Crippen molar-refractivity contribution in [2.45, 2.75) is 45.2 Å². The summed E-state index contributed by atoms with van der Waals surface area (Å²) in [6.45, 7) is 6.30. The molecule has 1 fully saturated rings. The molecule has 1 atom stereocenters. The molecule has 3 rings (SSSR count). The van der Waals surface area contributed by atoms with E-state index >= 15 is 0 Å². The summed E-state index contributed by atoms with van der Waals surface area (Å²) in [5.41, 5.74) is 1.72. The van der Waals surface area contributed by atoms with Gasteiger partial charge in [-0.1, -0.05) is 12.1 Å². The molecule has 5 heteroatoms. The molecule has 1 amide bonds. The molecule has 5 nitrogen and oxygen atoms in total. The monoisotopic (exact) mass is 300 g/mol. The lowest BCUT2D eigenvalue weighted by Gasteiger charge is -2.33. The van der Waals surface area contributed by atoms with Crippen molar-refractivity contribution in [3.05, 3.63) is 30.1 Å². The molecule has 1 aliphatic rings. The Kier molecular flexibility index (Phi) is 4.16. The molecule has 1 aromatic carbocycles. The van der Waals surface area contributed by atoms with Crippen molar-refractivity contribution in [1.82, 2.24) is 20.2 Å². The molecule has 2 heterocycles. The fraction of sp³-hybridized carbons (Fsp3) is 0.529. The normalized spacial score (nSPS) is 21.9. The van der Waals surface area contributed by atoms with E-state index in [0.717, 1.165) is 49.2 Å². The van der Waals surface area contributed by atoms with Gasteiger partial charge in [0.2, 0.25) is 5.91 Å². The Morgan fingerprint density at radius 3 is 3.00 bits per heavy atom. The van der Waals surface area contributed by atoms with Gasteiger partial charge in [0.05, 0.1) is 16.6 Å². The maximum Gasteiger partial charge on any atom is 0.240 e. The average Bonchev–Trinajstić information content (AvgIpc) is 2.84. The minimum absolute atomic E-state index is 0.106. The summed E-state index contributed by atoms with van der Waals surface area (Å²) in [5, 5.41) is 6.42. The van der Waals surface area contributed by atoms with Crippen LogP contribution < -0.4 is 10.6 Å². The van der Waals surface area contributed by atoms with Gasteiger partial charge in [-0.15, -0.1) is 0 Å². The second-order valence-electron chi connectivity index (χ2n) is 6.27. The third-order valence-corrected chi connectivity index (χ3v) is 4.59. The smallest absolute Gasteiger partial charge is 0.240 e. The van der Waals surface area contributed by atoms with Crippen molar-refractivity contribution < 1.29 is 4.79 Å². The number of rotatable bonds is 4. The van der Waals surface area contributed by atoms with E-state index in [-0.39, 0.29) is 5.91 Å². The Bertz CT molecular complexity index is 670. The number of nitrogens with zero attached hydrogens (tertiary/aromatic N) is 2. The molecule has 0 spiro atoms. The van der Waals surface area contributed by atoms with Crippen molar-refractivity contribution >= 4 is 16.9 Å². The summed E-state index contributed by atoms with van der Waals surface area (Å²) >= 11 is 0. The van der Waals surface area contributed by atoms with Crippen LogP contribution in [-0.4, -0.2) is 34.1 Å². The highest BCUT2D eigenvalue weighted by atomic mass is 16.2. The van der Waals surface area contributed by atoms with E-state index in [1.165, 1.54) is 0 Å². The zero-order valence-electron chi connectivity index (χ0n) is 13.4. The quantitative estimate of drug-likeness (QED) is 0.908. The molecule has 1 unspecified atom stereocenters. The zero-order chi connectivity index (χ0) is 15.6. The Morgan fingerprint density at radius 2 is 2.23 bits per heavy atom. The predicted molar refractivity (Wildman–Crippen MR) is 87.7 cm³/mol. The van der Waals surface area contributed by atoms with Gasteiger partial charge >= 0.3 is 0 Å². The highest BCUT2D eigenvalue weighted by Gasteiger charge is 2.33. The molecule has 0 bridgehead atoms. The molecule has 118 valence electrons. The van der Waals surface area contributed by atoms with Crippen molar-refractivity contribution in [1.29, 1.82) is 0 Å². The first kappa shape index (κ1) is 15.0. The lowest BCUT2D eigenvalue weighted by molar-refractivity contribution is -0.127. The summed E-state index contributed by atoms with van der Waals surface area (Å²) in [4.78, 5) is 17.0. The SMILES string of the molecule is Cc1nc2ccccc2n1CCNC(=O)C1(C)CCCCN1. The fourth-order valence-corrected chi connectivity index (χ4v) is 3.20. The summed E-state index contributed by atoms with van der Waals surface area (Å²) in [5.74, 6) is 1.09. The second-order valence-corrected chi connectivity index (χ2v) is 6.27. The number of para-hydroxylation sites is 2. The number of piperidine rings is 1. The van der Waals surface area contributed by atoms with Crippen molar-refractivity contribution in [2.75, 3.05) is 13.1 Å². The fourth-order valence-electron chi connectivity index (χ4n) is 3.20. The molecule has 0 radical (unpaired) electrons. The van der Waals surface area contributed by atoms with Gasteiger partial charge in [0.15, 0.2) is 0 Å². The lowest BCUT2D eigenvalue weighted by Crippen LogP contribution is -2.57. The summed E-state index contributed by atoms with van der Waals surface area (Å²) in [7, 11) is 0. The van der Waals surface area contributed by atoms with Gasteiger partial charge in [-0.2, -0.15) is 0 Å². The molecule has 2 N–H and O–H groups in total. The minimum atomic E-state index is -0.412. The van der Waals surface area contributed by atoms with Crippen LogP contribution in [0.2, 0.25) is 0 Å². The van der Waals surface area contributed by atoms with Crippen LogP contribution in [0, 0.1) is 6.92 Å². The molecule has 0 aliphatic carbocycles. The van der Waals surface area contributed by atoms with E-state index in [9.17, 15) is 4.79 Å². The summed E-state index contributed by atoms with van der Waals surface area (Å²) in [6, 6.07) is 8.10. The number of fused-ring (bicyclic) bond motifs is 1. The molecular formula is C17H24N4O. The number of hydrogen-bond donors (Lipinski definition) is 2. The van der Waals surface area contributed by atoms with E-state index < -0.39 is 5.54 Å². The lowest BCUT2D eigenvalue weighted by atomic mass is 9.90. The number of nitrogens with one attached hydrogen (secondary N) is 2. The van der Waals surface area contributed by atoms with Gasteiger partial charge in [-0.25, -0.2) is 4.98 Å². The van der Waals surface area contributed by atoms with Gasteiger partial charge in [-0.3, -0.25) is 4.79 Å². The number of benzene rings is 1. The highest BCUT2D eigenvalue weighted by molar-refractivity contribution is 5.86. The van der Waals surface area contributed by atoms with Crippen LogP contribution in [0.25, 0.3) is 11.0 Å². The van der Waals surface area contributed by atoms with E-state index in [2.05, 4.69) is 26.3 Å². The summed E-state index contributed by atoms with van der Waals surface area (Å²) < 4.78 is 2.16. The maximum atomic E-state index is 12.4.